The third-order valence-corrected chi connectivity index (χ3v) is 23.4. The Labute approximate surface area is 540 Å². The van der Waals surface area contributed by atoms with Gasteiger partial charge in [0.1, 0.15) is 5.58 Å². The molecule has 0 aliphatic carbocycles. The van der Waals surface area contributed by atoms with E-state index in [4.69, 9.17) is 4.42 Å². The first-order valence-corrected chi connectivity index (χ1v) is 32.3. The van der Waals surface area contributed by atoms with Gasteiger partial charge in [0.05, 0.1) is 0 Å². The molecule has 0 unspecified atom stereocenters. The van der Waals surface area contributed by atoms with Gasteiger partial charge in [-0.1, -0.05) is 0 Å². The highest BCUT2D eigenvalue weighted by Crippen LogP contribution is 2.40. The van der Waals surface area contributed by atoms with Gasteiger partial charge in [-0.05, 0) is 480 Å². The highest BCUT2D eigenvalue weighted by Gasteiger charge is 2.25. The fourth-order valence-electron chi connectivity index (χ4n) is 13.8. The predicted octanol–water partition coefficient (Wildman–Crippen LogP) is 23.4. The molecule has 4 nitrogen and oxygen atoms in total. The van der Waals surface area contributed by atoms with Crippen LogP contribution in [0.4, 0.5) is 0 Å². The SMILES string of the molecule is C/C(=C(/C)c1c(C)c(C)c(C)c(C)c1C)c1c(C)c(C)c(C)c(C)c1C.C/C(C(=O)c1c(C)c(C)c(C)c(C)c1C)=C(/C)c1c(C)c(C)c(C)c(C)c1C.CC(=O)/C(C)=C(\C)c1c(C)c(C)c(C)c(C)c1C.Cc1c(C)c(C)c2c(C)c(C)c(=O)oc2c1C. The van der Waals surface area contributed by atoms with Crippen molar-refractivity contribution in [2.75, 3.05) is 0 Å². The second kappa shape index (κ2) is 28.5. The number of ketones is 2. The molecule has 4 heteroatoms. The maximum atomic E-state index is 13.6. The molecule has 7 aromatic rings. The molecule has 1 heterocycles. The molecule has 0 radical (unpaired) electrons. The van der Waals surface area contributed by atoms with Crippen LogP contribution in [0.15, 0.2) is 20.4 Å². The van der Waals surface area contributed by atoms with E-state index in [9.17, 15) is 14.4 Å². The van der Waals surface area contributed by atoms with Crippen molar-refractivity contribution in [2.45, 2.75) is 263 Å². The van der Waals surface area contributed by atoms with E-state index in [0.29, 0.717) is 5.56 Å². The monoisotopic (exact) mass is 1200 g/mol. The molecule has 0 saturated heterocycles. The van der Waals surface area contributed by atoms with Crippen LogP contribution in [-0.4, -0.2) is 11.6 Å². The molecule has 0 spiro atoms. The van der Waals surface area contributed by atoms with Crippen LogP contribution >= 0.6 is 0 Å². The molecule has 0 aliphatic heterocycles. The number of carbonyl (C=O) groups is 2. The normalized spacial score (nSPS) is 12.2. The molecule has 6 aromatic carbocycles. The highest BCUT2D eigenvalue weighted by atomic mass is 16.4. The van der Waals surface area contributed by atoms with Crippen molar-refractivity contribution < 1.29 is 14.0 Å². The number of aryl methyl sites for hydroxylation is 3. The summed E-state index contributed by atoms with van der Waals surface area (Å²) in [6.07, 6.45) is 0. The summed E-state index contributed by atoms with van der Waals surface area (Å²) in [5.41, 5.74) is 53.6. The van der Waals surface area contributed by atoms with E-state index in [1.54, 1.807) is 6.92 Å². The number of hydrogen-bond donors (Lipinski definition) is 0. The fourth-order valence-corrected chi connectivity index (χ4v) is 13.8. The second-order valence-electron chi connectivity index (χ2n) is 27.0. The Morgan fingerprint density at radius 1 is 0.213 bits per heavy atom. The molecule has 0 amide bonds. The molecule has 7 rings (SSSR count). The average Bonchev–Trinajstić information content (AvgIpc) is 1.13. The lowest BCUT2D eigenvalue weighted by Gasteiger charge is -2.24. The van der Waals surface area contributed by atoms with Crippen molar-refractivity contribution >= 4 is 44.8 Å². The molecule has 0 atom stereocenters. The molecule has 0 fully saturated rings. The maximum absolute atomic E-state index is 13.6. The lowest BCUT2D eigenvalue weighted by Crippen LogP contribution is -2.12. The minimum atomic E-state index is -0.222. The number of Topliss-reactive ketones (excluding diaryl/α,β-unsaturated/α-hetero) is 2. The fraction of sp³-hybridized carbons (Fsp3) is 0.447. The third-order valence-electron chi connectivity index (χ3n) is 23.4. The first-order valence-electron chi connectivity index (χ1n) is 32.3. The van der Waals surface area contributed by atoms with E-state index in [1.165, 1.54) is 178 Å². The number of fused-ring (bicyclic) bond motifs is 1. The van der Waals surface area contributed by atoms with Gasteiger partial charge in [0, 0.05) is 22.1 Å². The molecule has 89 heavy (non-hydrogen) atoms. The minimum Gasteiger partial charge on any atom is -0.422 e. The smallest absolute Gasteiger partial charge is 0.339 e. The van der Waals surface area contributed by atoms with Crippen LogP contribution in [0, 0.1) is 215 Å². The van der Waals surface area contributed by atoms with Crippen LogP contribution < -0.4 is 5.63 Å². The summed E-state index contributed by atoms with van der Waals surface area (Å²) in [7, 11) is 0. The molecule has 0 bridgehead atoms. The summed E-state index contributed by atoms with van der Waals surface area (Å²) in [6, 6.07) is 0. The first-order chi connectivity index (χ1) is 40.8. The molecule has 0 aliphatic rings. The average molecular weight is 1200 g/mol. The zero-order valence-corrected chi connectivity index (χ0v) is 63.1. The predicted molar refractivity (Wildman–Crippen MR) is 391 cm³/mol. The summed E-state index contributed by atoms with van der Waals surface area (Å²) in [5.74, 6) is 0.315. The summed E-state index contributed by atoms with van der Waals surface area (Å²) in [4.78, 5) is 36.9. The van der Waals surface area contributed by atoms with E-state index in [-0.39, 0.29) is 17.2 Å². The summed E-state index contributed by atoms with van der Waals surface area (Å²) >= 11 is 0. The zero-order valence-electron chi connectivity index (χ0n) is 63.1. The van der Waals surface area contributed by atoms with Gasteiger partial charge in [-0.25, -0.2) is 4.79 Å². The molecule has 1 aromatic heterocycles. The van der Waals surface area contributed by atoms with E-state index >= 15 is 0 Å². The van der Waals surface area contributed by atoms with Crippen LogP contribution in [-0.2, 0) is 4.79 Å². The van der Waals surface area contributed by atoms with E-state index in [0.717, 1.165) is 61.1 Å². The second-order valence-corrected chi connectivity index (χ2v) is 27.0. The first kappa shape index (κ1) is 74.6. The van der Waals surface area contributed by atoms with Gasteiger partial charge in [-0.15, -0.1) is 0 Å². The zero-order chi connectivity index (χ0) is 68.8. The summed E-state index contributed by atoms with van der Waals surface area (Å²) in [5, 5.41) is 1.10. The van der Waals surface area contributed by atoms with Gasteiger partial charge < -0.3 is 4.42 Å². The Kier molecular flexibility index (Phi) is 23.9. The Morgan fingerprint density at radius 3 is 0.663 bits per heavy atom. The Bertz CT molecular complexity index is 4050. The summed E-state index contributed by atoms with van der Waals surface area (Å²) < 4.78 is 5.47. The standard InChI is InChI=1S/C27H36O.C26H36.C17H24O.C15H18O2/c1-13-15(3)19(7)25(20(8)16(13)4)23(11)24(12)27(28)26-21(9)17(5)14(2)18(6)22(26)10;1-13-15(3)19(7)25(20(8)16(13)4)23(11)24(12)26-21(9)17(5)14(2)18(6)22(26)10;1-9-10(2)13(5)17(14(6)11(9)3)15(7)12(4)16(8)18;1-7-8(2)11(5)14-13(9(7)3)10(4)12(6)15(16)17-14/h1-12H3;1-12H3;1-8H3;1-6H3/b2*24-23+;15-12+;. The van der Waals surface area contributed by atoms with Gasteiger partial charge in [-0.3, -0.25) is 9.59 Å². The van der Waals surface area contributed by atoms with Crippen molar-refractivity contribution in [3.63, 3.8) is 0 Å². The van der Waals surface area contributed by atoms with Gasteiger partial charge in [0.2, 0.25) is 0 Å². The van der Waals surface area contributed by atoms with Crippen molar-refractivity contribution in [1.29, 1.82) is 0 Å². The van der Waals surface area contributed by atoms with Crippen molar-refractivity contribution in [3.8, 4) is 0 Å². The van der Waals surface area contributed by atoms with Gasteiger partial charge in [-0.2, -0.15) is 0 Å². The molecular weight excluding hydrogens is 1080 g/mol. The lowest BCUT2D eigenvalue weighted by molar-refractivity contribution is -0.113. The van der Waals surface area contributed by atoms with Crippen LogP contribution in [0.2, 0.25) is 0 Å². The number of benzene rings is 6. The molecule has 0 N–H and O–H groups in total. The van der Waals surface area contributed by atoms with Crippen LogP contribution in [0.1, 0.15) is 254 Å². The molecule has 0 saturated carbocycles. The van der Waals surface area contributed by atoms with Crippen molar-refractivity contribution in [1.82, 2.24) is 0 Å². The third kappa shape index (κ3) is 13.6. The Hall–Kier alpha value is -6.91. The van der Waals surface area contributed by atoms with Crippen molar-refractivity contribution in [3.05, 3.63) is 222 Å². The number of allylic oxidation sites excluding steroid dienone is 6. The summed E-state index contributed by atoms with van der Waals surface area (Å²) in [6.45, 7) is 81.4. The number of rotatable bonds is 7. The minimum absolute atomic E-state index is 0.155. The van der Waals surface area contributed by atoms with Gasteiger partial charge in [0.15, 0.2) is 11.6 Å². The topological polar surface area (TPSA) is 64.3 Å². The van der Waals surface area contributed by atoms with E-state index < -0.39 is 0 Å². The maximum Gasteiger partial charge on any atom is 0.339 e. The molecule has 478 valence electrons. The van der Waals surface area contributed by atoms with Crippen LogP contribution in [0.3, 0.4) is 0 Å². The van der Waals surface area contributed by atoms with Crippen LogP contribution in [0.5, 0.6) is 0 Å². The lowest BCUT2D eigenvalue weighted by atomic mass is 9.81. The van der Waals surface area contributed by atoms with Gasteiger partial charge >= 0.3 is 5.63 Å². The van der Waals surface area contributed by atoms with Crippen LogP contribution in [0.25, 0.3) is 33.3 Å². The van der Waals surface area contributed by atoms with E-state index in [2.05, 4.69) is 222 Å². The number of hydrogen-bond acceptors (Lipinski definition) is 4. The van der Waals surface area contributed by atoms with E-state index in [1.807, 2.05) is 34.6 Å². The highest BCUT2D eigenvalue weighted by molar-refractivity contribution is 6.15. The quantitative estimate of drug-likeness (QED) is 0.0690. The molecular formula is C85H114O4. The Morgan fingerprint density at radius 2 is 0.404 bits per heavy atom. The van der Waals surface area contributed by atoms with Crippen molar-refractivity contribution in [2.24, 2.45) is 0 Å². The number of carbonyl (C=O) groups excluding carboxylic acids is 2. The van der Waals surface area contributed by atoms with Gasteiger partial charge in [0.25, 0.3) is 0 Å². The Balaban J connectivity index is 0.000000259. The largest absolute Gasteiger partial charge is 0.422 e.